The van der Waals surface area contributed by atoms with Crippen molar-refractivity contribution in [3.05, 3.63) is 68.7 Å². The van der Waals surface area contributed by atoms with Gasteiger partial charge in [-0.2, -0.15) is 0 Å². The van der Waals surface area contributed by atoms with E-state index in [1.807, 2.05) is 36.4 Å². The van der Waals surface area contributed by atoms with Crippen molar-refractivity contribution >= 4 is 34.8 Å². The lowest BCUT2D eigenvalue weighted by molar-refractivity contribution is 0.693. The Morgan fingerprint density at radius 3 is 2.17 bits per heavy atom. The third kappa shape index (κ3) is 3.89. The fourth-order valence-electron chi connectivity index (χ4n) is 1.65. The molecule has 0 saturated heterocycles. The molecule has 1 nitrogen and oxygen atoms in total. The summed E-state index contributed by atoms with van der Waals surface area (Å²) in [7, 11) is 0. The van der Waals surface area contributed by atoms with E-state index in [0.717, 1.165) is 29.2 Å². The summed E-state index contributed by atoms with van der Waals surface area (Å²) in [6.07, 6.45) is 0. The first-order valence-electron chi connectivity index (χ1n) is 5.54. The van der Waals surface area contributed by atoms with Gasteiger partial charge in [-0.25, -0.2) is 0 Å². The lowest BCUT2D eigenvalue weighted by Gasteiger charge is -2.06. The van der Waals surface area contributed by atoms with Crippen LogP contribution in [-0.2, 0) is 13.1 Å². The Morgan fingerprint density at radius 2 is 1.50 bits per heavy atom. The molecule has 2 rings (SSSR count). The maximum Gasteiger partial charge on any atom is 0.0595 e. The van der Waals surface area contributed by atoms with E-state index in [1.165, 1.54) is 0 Å². The van der Waals surface area contributed by atoms with Crippen LogP contribution in [-0.4, -0.2) is 0 Å². The number of hydrogen-bond donors (Lipinski definition) is 1. The van der Waals surface area contributed by atoms with Crippen molar-refractivity contribution in [2.75, 3.05) is 0 Å². The summed E-state index contributed by atoms with van der Waals surface area (Å²) in [5.74, 6) is 0. The molecule has 94 valence electrons. The van der Waals surface area contributed by atoms with Crippen molar-refractivity contribution in [3.8, 4) is 0 Å². The fourth-order valence-corrected chi connectivity index (χ4v) is 2.18. The van der Waals surface area contributed by atoms with Gasteiger partial charge in [0, 0.05) is 18.1 Å². The minimum atomic E-state index is 0.579. The Kier molecular flexibility index (Phi) is 4.90. The Labute approximate surface area is 122 Å². The molecule has 0 heterocycles. The van der Waals surface area contributed by atoms with Crippen LogP contribution in [0.3, 0.4) is 0 Å². The van der Waals surface area contributed by atoms with Gasteiger partial charge in [0.1, 0.15) is 0 Å². The predicted octanol–water partition coefficient (Wildman–Crippen LogP) is 4.94. The summed E-state index contributed by atoms with van der Waals surface area (Å²) in [6.45, 7) is 1.50. The van der Waals surface area contributed by atoms with E-state index in [1.54, 1.807) is 6.07 Å². The molecular weight excluding hydrogens is 289 g/mol. The third-order valence-corrected chi connectivity index (χ3v) is 3.51. The summed E-state index contributed by atoms with van der Waals surface area (Å²) < 4.78 is 0. The zero-order valence-electron chi connectivity index (χ0n) is 9.59. The number of hydrogen-bond acceptors (Lipinski definition) is 1. The Bertz CT molecular complexity index is 540. The van der Waals surface area contributed by atoms with Gasteiger partial charge < -0.3 is 5.32 Å². The zero-order chi connectivity index (χ0) is 13.0. The molecule has 18 heavy (non-hydrogen) atoms. The quantitative estimate of drug-likeness (QED) is 0.843. The molecule has 0 amide bonds. The lowest BCUT2D eigenvalue weighted by atomic mass is 10.2. The largest absolute Gasteiger partial charge is 0.309 e. The third-order valence-electron chi connectivity index (χ3n) is 2.53. The number of rotatable bonds is 4. The van der Waals surface area contributed by atoms with Crippen LogP contribution in [0.2, 0.25) is 15.1 Å². The second-order valence-electron chi connectivity index (χ2n) is 3.98. The molecule has 0 fully saturated rings. The molecule has 4 heteroatoms. The number of halogens is 3. The van der Waals surface area contributed by atoms with E-state index < -0.39 is 0 Å². The van der Waals surface area contributed by atoms with Crippen molar-refractivity contribution in [1.82, 2.24) is 5.32 Å². The highest BCUT2D eigenvalue weighted by molar-refractivity contribution is 6.42. The van der Waals surface area contributed by atoms with E-state index in [2.05, 4.69) is 5.32 Å². The second-order valence-corrected chi connectivity index (χ2v) is 5.23. The first-order valence-corrected chi connectivity index (χ1v) is 6.67. The summed E-state index contributed by atoms with van der Waals surface area (Å²) in [6, 6.07) is 13.4. The van der Waals surface area contributed by atoms with Crippen molar-refractivity contribution in [1.29, 1.82) is 0 Å². The molecule has 0 saturated carbocycles. The topological polar surface area (TPSA) is 12.0 Å². The SMILES string of the molecule is Clc1cccc(CNCc2ccc(Cl)c(Cl)c2)c1. The minimum Gasteiger partial charge on any atom is -0.309 e. The highest BCUT2D eigenvalue weighted by Gasteiger charge is 1.99. The van der Waals surface area contributed by atoms with E-state index >= 15 is 0 Å². The normalized spacial score (nSPS) is 10.6. The maximum absolute atomic E-state index is 5.95. The number of nitrogens with one attached hydrogen (secondary N) is 1. The van der Waals surface area contributed by atoms with Gasteiger partial charge in [0.2, 0.25) is 0 Å². The molecule has 0 spiro atoms. The van der Waals surface area contributed by atoms with Crippen LogP contribution < -0.4 is 5.32 Å². The molecule has 2 aromatic carbocycles. The summed E-state index contributed by atoms with van der Waals surface area (Å²) >= 11 is 17.7. The van der Waals surface area contributed by atoms with Gasteiger partial charge in [0.25, 0.3) is 0 Å². The zero-order valence-corrected chi connectivity index (χ0v) is 11.9. The van der Waals surface area contributed by atoms with Crippen molar-refractivity contribution in [3.63, 3.8) is 0 Å². The van der Waals surface area contributed by atoms with Crippen LogP contribution in [0.1, 0.15) is 11.1 Å². The van der Waals surface area contributed by atoms with Crippen LogP contribution in [0.25, 0.3) is 0 Å². The monoisotopic (exact) mass is 299 g/mol. The smallest absolute Gasteiger partial charge is 0.0595 e. The van der Waals surface area contributed by atoms with Gasteiger partial charge in [-0.3, -0.25) is 0 Å². The van der Waals surface area contributed by atoms with Gasteiger partial charge in [-0.05, 0) is 35.4 Å². The van der Waals surface area contributed by atoms with Crippen molar-refractivity contribution in [2.45, 2.75) is 13.1 Å². The Hall–Kier alpha value is -0.730. The molecule has 0 aliphatic carbocycles. The molecule has 0 atom stereocenters. The fraction of sp³-hybridized carbons (Fsp3) is 0.143. The summed E-state index contributed by atoms with van der Waals surface area (Å²) in [5.41, 5.74) is 2.26. The van der Waals surface area contributed by atoms with Crippen LogP contribution >= 0.6 is 34.8 Å². The molecule has 0 aliphatic heterocycles. The van der Waals surface area contributed by atoms with E-state index in [9.17, 15) is 0 Å². The molecule has 0 aliphatic rings. The van der Waals surface area contributed by atoms with Gasteiger partial charge in [-0.15, -0.1) is 0 Å². The first-order chi connectivity index (χ1) is 8.65. The van der Waals surface area contributed by atoms with Crippen LogP contribution in [0.4, 0.5) is 0 Å². The standard InChI is InChI=1S/C14H12Cl3N/c15-12-3-1-2-10(6-12)8-18-9-11-4-5-13(16)14(17)7-11/h1-7,18H,8-9H2. The number of benzene rings is 2. The molecule has 0 aromatic heterocycles. The molecule has 2 aromatic rings. The lowest BCUT2D eigenvalue weighted by Crippen LogP contribution is -2.12. The van der Waals surface area contributed by atoms with Gasteiger partial charge in [-0.1, -0.05) is 53.0 Å². The Balaban J connectivity index is 1.90. The molecule has 1 N–H and O–H groups in total. The van der Waals surface area contributed by atoms with E-state index in [-0.39, 0.29) is 0 Å². The highest BCUT2D eigenvalue weighted by Crippen LogP contribution is 2.22. The first kappa shape index (κ1) is 13.7. The molecule has 0 unspecified atom stereocenters. The van der Waals surface area contributed by atoms with E-state index in [4.69, 9.17) is 34.8 Å². The predicted molar refractivity (Wildman–Crippen MR) is 78.5 cm³/mol. The van der Waals surface area contributed by atoms with E-state index in [0.29, 0.717) is 10.0 Å². The van der Waals surface area contributed by atoms with Crippen LogP contribution in [0, 0.1) is 0 Å². The van der Waals surface area contributed by atoms with Crippen molar-refractivity contribution in [2.24, 2.45) is 0 Å². The minimum absolute atomic E-state index is 0.579. The molecular formula is C14H12Cl3N. The molecule has 0 radical (unpaired) electrons. The van der Waals surface area contributed by atoms with Crippen LogP contribution in [0.15, 0.2) is 42.5 Å². The van der Waals surface area contributed by atoms with Gasteiger partial charge in [0.15, 0.2) is 0 Å². The average molecular weight is 301 g/mol. The van der Waals surface area contributed by atoms with Crippen molar-refractivity contribution < 1.29 is 0 Å². The molecule has 0 bridgehead atoms. The Morgan fingerprint density at radius 1 is 0.778 bits per heavy atom. The maximum atomic E-state index is 5.95. The van der Waals surface area contributed by atoms with Gasteiger partial charge >= 0.3 is 0 Å². The average Bonchev–Trinajstić information content (AvgIpc) is 2.34. The summed E-state index contributed by atoms with van der Waals surface area (Å²) in [4.78, 5) is 0. The second kappa shape index (κ2) is 6.44. The van der Waals surface area contributed by atoms with Crippen LogP contribution in [0.5, 0.6) is 0 Å². The van der Waals surface area contributed by atoms with Gasteiger partial charge in [0.05, 0.1) is 10.0 Å². The summed E-state index contributed by atoms with van der Waals surface area (Å²) in [5, 5.41) is 5.25. The highest BCUT2D eigenvalue weighted by atomic mass is 35.5.